The van der Waals surface area contributed by atoms with Gasteiger partial charge in [0, 0.05) is 6.04 Å². The van der Waals surface area contributed by atoms with Gasteiger partial charge < -0.3 is 5.73 Å². The van der Waals surface area contributed by atoms with E-state index in [-0.39, 0.29) is 6.04 Å². The lowest BCUT2D eigenvalue weighted by molar-refractivity contribution is 0.736. The third-order valence-electron chi connectivity index (χ3n) is 1.93. The highest BCUT2D eigenvalue weighted by Crippen LogP contribution is 2.12. The number of nitrogens with two attached hydrogens (primary N) is 1. The Balaban J connectivity index is 3.01. The molecule has 0 radical (unpaired) electrons. The van der Waals surface area contributed by atoms with E-state index in [0.717, 1.165) is 23.1 Å². The maximum absolute atomic E-state index is 8.86. The van der Waals surface area contributed by atoms with Gasteiger partial charge in [-0.3, -0.25) is 0 Å². The SMILES string of the molecule is Cc1ccc(CC(C)N)c(C#N)c1. The van der Waals surface area contributed by atoms with E-state index in [0.29, 0.717) is 0 Å². The van der Waals surface area contributed by atoms with E-state index < -0.39 is 0 Å². The van der Waals surface area contributed by atoms with Crippen LogP contribution in [0, 0.1) is 18.3 Å². The van der Waals surface area contributed by atoms with Crippen LogP contribution in [0.5, 0.6) is 0 Å². The van der Waals surface area contributed by atoms with Crippen LogP contribution in [-0.4, -0.2) is 6.04 Å². The summed E-state index contributed by atoms with van der Waals surface area (Å²) in [7, 11) is 0. The Morgan fingerprint density at radius 1 is 1.54 bits per heavy atom. The van der Waals surface area contributed by atoms with Crippen LogP contribution >= 0.6 is 0 Å². The highest BCUT2D eigenvalue weighted by molar-refractivity contribution is 5.40. The Bertz CT molecular complexity index is 334. The van der Waals surface area contributed by atoms with E-state index in [1.807, 2.05) is 32.0 Å². The van der Waals surface area contributed by atoms with Crippen molar-refractivity contribution in [3.05, 3.63) is 34.9 Å². The lowest BCUT2D eigenvalue weighted by atomic mass is 10.0. The van der Waals surface area contributed by atoms with E-state index in [1.165, 1.54) is 0 Å². The van der Waals surface area contributed by atoms with Gasteiger partial charge in [0.15, 0.2) is 0 Å². The minimum absolute atomic E-state index is 0.106. The summed E-state index contributed by atoms with van der Waals surface area (Å²) < 4.78 is 0. The molecule has 0 fully saturated rings. The fourth-order valence-electron chi connectivity index (χ4n) is 1.32. The number of aryl methyl sites for hydroxylation is 1. The van der Waals surface area contributed by atoms with Crippen molar-refractivity contribution in [2.45, 2.75) is 26.3 Å². The maximum Gasteiger partial charge on any atom is 0.0994 e. The summed E-state index contributed by atoms with van der Waals surface area (Å²) in [4.78, 5) is 0. The van der Waals surface area contributed by atoms with Crippen LogP contribution in [0.15, 0.2) is 18.2 Å². The molecule has 0 aliphatic heterocycles. The first-order chi connectivity index (χ1) is 6.13. The molecule has 0 aromatic heterocycles. The predicted octanol–water partition coefficient (Wildman–Crippen LogP) is 1.76. The maximum atomic E-state index is 8.86. The van der Waals surface area contributed by atoms with Gasteiger partial charge in [-0.1, -0.05) is 12.1 Å². The quantitative estimate of drug-likeness (QED) is 0.742. The zero-order valence-electron chi connectivity index (χ0n) is 8.04. The number of nitriles is 1. The van der Waals surface area contributed by atoms with Crippen molar-refractivity contribution in [1.82, 2.24) is 0 Å². The Morgan fingerprint density at radius 3 is 2.77 bits per heavy atom. The van der Waals surface area contributed by atoms with Crippen molar-refractivity contribution in [2.75, 3.05) is 0 Å². The molecule has 1 aromatic carbocycles. The van der Waals surface area contributed by atoms with Gasteiger partial charge in [0.1, 0.15) is 0 Å². The van der Waals surface area contributed by atoms with Crippen LogP contribution in [0.3, 0.4) is 0 Å². The largest absolute Gasteiger partial charge is 0.328 e. The third kappa shape index (κ3) is 2.57. The number of benzene rings is 1. The normalized spacial score (nSPS) is 12.2. The fraction of sp³-hybridized carbons (Fsp3) is 0.364. The molecule has 68 valence electrons. The number of nitrogens with zero attached hydrogens (tertiary/aromatic N) is 1. The van der Waals surface area contributed by atoms with Crippen molar-refractivity contribution in [1.29, 1.82) is 5.26 Å². The summed E-state index contributed by atoms with van der Waals surface area (Å²) in [5, 5.41) is 8.86. The van der Waals surface area contributed by atoms with Crippen LogP contribution in [-0.2, 0) is 6.42 Å². The average Bonchev–Trinajstić information content (AvgIpc) is 2.07. The minimum atomic E-state index is 0.106. The minimum Gasteiger partial charge on any atom is -0.328 e. The molecule has 0 aliphatic rings. The molecule has 0 saturated carbocycles. The van der Waals surface area contributed by atoms with Gasteiger partial charge in [0.05, 0.1) is 11.6 Å². The summed E-state index contributed by atoms with van der Waals surface area (Å²) in [5.41, 5.74) is 8.58. The van der Waals surface area contributed by atoms with Crippen LogP contribution in [0.2, 0.25) is 0 Å². The summed E-state index contributed by atoms with van der Waals surface area (Å²) in [6.07, 6.45) is 0.767. The molecule has 1 atom stereocenters. The molecule has 1 rings (SSSR count). The van der Waals surface area contributed by atoms with Gasteiger partial charge in [0.2, 0.25) is 0 Å². The Kier molecular flexibility index (Phi) is 3.05. The number of rotatable bonds is 2. The summed E-state index contributed by atoms with van der Waals surface area (Å²) in [6, 6.07) is 8.19. The van der Waals surface area contributed by atoms with Crippen LogP contribution < -0.4 is 5.73 Å². The van der Waals surface area contributed by atoms with Crippen LogP contribution in [0.25, 0.3) is 0 Å². The molecule has 1 aromatic rings. The first-order valence-corrected chi connectivity index (χ1v) is 4.38. The Morgan fingerprint density at radius 2 is 2.23 bits per heavy atom. The molecule has 13 heavy (non-hydrogen) atoms. The monoisotopic (exact) mass is 174 g/mol. The molecule has 2 nitrogen and oxygen atoms in total. The van der Waals surface area contributed by atoms with Gasteiger partial charge in [-0.25, -0.2) is 0 Å². The molecular formula is C11H14N2. The topological polar surface area (TPSA) is 49.8 Å². The van der Waals surface area contributed by atoms with E-state index in [1.54, 1.807) is 0 Å². The Hall–Kier alpha value is -1.33. The third-order valence-corrected chi connectivity index (χ3v) is 1.93. The van der Waals surface area contributed by atoms with Crippen molar-refractivity contribution in [3.8, 4) is 6.07 Å². The number of hydrogen-bond donors (Lipinski definition) is 1. The van der Waals surface area contributed by atoms with Crippen molar-refractivity contribution in [3.63, 3.8) is 0 Å². The molecule has 0 spiro atoms. The number of hydrogen-bond acceptors (Lipinski definition) is 2. The Labute approximate surface area is 79.0 Å². The van der Waals surface area contributed by atoms with Crippen LogP contribution in [0.1, 0.15) is 23.6 Å². The average molecular weight is 174 g/mol. The molecule has 2 heteroatoms. The standard InChI is InChI=1S/C11H14N2/c1-8-3-4-10(6-9(2)13)11(5-8)7-12/h3-5,9H,6,13H2,1-2H3. The molecule has 0 aliphatic carbocycles. The lowest BCUT2D eigenvalue weighted by Gasteiger charge is -2.07. The molecule has 0 saturated heterocycles. The fourth-order valence-corrected chi connectivity index (χ4v) is 1.32. The van der Waals surface area contributed by atoms with E-state index >= 15 is 0 Å². The van der Waals surface area contributed by atoms with Crippen molar-refractivity contribution in [2.24, 2.45) is 5.73 Å². The first kappa shape index (κ1) is 9.76. The van der Waals surface area contributed by atoms with Gasteiger partial charge >= 0.3 is 0 Å². The smallest absolute Gasteiger partial charge is 0.0994 e. The van der Waals surface area contributed by atoms with E-state index in [4.69, 9.17) is 11.0 Å². The van der Waals surface area contributed by atoms with E-state index in [9.17, 15) is 0 Å². The van der Waals surface area contributed by atoms with Gasteiger partial charge in [-0.15, -0.1) is 0 Å². The molecule has 0 bridgehead atoms. The van der Waals surface area contributed by atoms with Gasteiger partial charge in [-0.2, -0.15) is 5.26 Å². The summed E-state index contributed by atoms with van der Waals surface area (Å²) in [5.74, 6) is 0. The zero-order chi connectivity index (χ0) is 9.84. The van der Waals surface area contributed by atoms with Gasteiger partial charge in [0.25, 0.3) is 0 Å². The van der Waals surface area contributed by atoms with Crippen molar-refractivity contribution >= 4 is 0 Å². The predicted molar refractivity (Wildman–Crippen MR) is 53.2 cm³/mol. The molecule has 1 unspecified atom stereocenters. The second kappa shape index (κ2) is 4.06. The lowest BCUT2D eigenvalue weighted by Crippen LogP contribution is -2.18. The van der Waals surface area contributed by atoms with Gasteiger partial charge in [-0.05, 0) is 37.5 Å². The molecule has 0 amide bonds. The van der Waals surface area contributed by atoms with E-state index in [2.05, 4.69) is 6.07 Å². The molecular weight excluding hydrogens is 160 g/mol. The highest BCUT2D eigenvalue weighted by atomic mass is 14.6. The van der Waals surface area contributed by atoms with Crippen LogP contribution in [0.4, 0.5) is 0 Å². The van der Waals surface area contributed by atoms with Crippen molar-refractivity contribution < 1.29 is 0 Å². The summed E-state index contributed by atoms with van der Waals surface area (Å²) in [6.45, 7) is 3.93. The second-order valence-corrected chi connectivity index (χ2v) is 3.45. The second-order valence-electron chi connectivity index (χ2n) is 3.45. The first-order valence-electron chi connectivity index (χ1n) is 4.38. The zero-order valence-corrected chi connectivity index (χ0v) is 8.04. The molecule has 2 N–H and O–H groups in total. The highest BCUT2D eigenvalue weighted by Gasteiger charge is 2.03. The summed E-state index contributed by atoms with van der Waals surface area (Å²) >= 11 is 0. The molecule has 0 heterocycles.